The third-order valence-electron chi connectivity index (χ3n) is 5.77. The van der Waals surface area contributed by atoms with Crippen molar-refractivity contribution in [2.75, 3.05) is 0 Å². The number of nitrogens with zero attached hydrogens (tertiary/aromatic N) is 1. The zero-order chi connectivity index (χ0) is 20.2. The summed E-state index contributed by atoms with van der Waals surface area (Å²) < 4.78 is 0. The highest BCUT2D eigenvalue weighted by molar-refractivity contribution is 6.02. The molecule has 1 aliphatic heterocycles. The summed E-state index contributed by atoms with van der Waals surface area (Å²) in [4.78, 5) is 19.1. The number of hydrogen-bond donors (Lipinski definition) is 1. The van der Waals surface area contributed by atoms with Gasteiger partial charge >= 0.3 is 0 Å². The monoisotopic (exact) mass is 380 g/mol. The van der Waals surface area contributed by atoms with E-state index in [-0.39, 0.29) is 17.5 Å². The summed E-state index contributed by atoms with van der Waals surface area (Å²) in [5.41, 5.74) is 6.03. The van der Waals surface area contributed by atoms with Crippen molar-refractivity contribution in [1.29, 1.82) is 0 Å². The van der Waals surface area contributed by atoms with Crippen LogP contribution in [0.5, 0.6) is 0 Å². The molecule has 3 nitrogen and oxygen atoms in total. The number of aromatic nitrogens is 1. The fourth-order valence-corrected chi connectivity index (χ4v) is 4.57. The van der Waals surface area contributed by atoms with Crippen molar-refractivity contribution in [3.8, 4) is 11.3 Å². The van der Waals surface area contributed by atoms with Gasteiger partial charge in [-0.1, -0.05) is 66.7 Å². The first-order chi connectivity index (χ1) is 14.0. The van der Waals surface area contributed by atoms with Crippen molar-refractivity contribution in [3.05, 3.63) is 95.6 Å². The maximum atomic E-state index is 13.4. The molecule has 1 amide bonds. The lowest BCUT2D eigenvalue weighted by Gasteiger charge is -2.38. The minimum absolute atomic E-state index is 0.0994. The second-order valence-electron chi connectivity index (χ2n) is 8.66. The second-order valence-corrected chi connectivity index (χ2v) is 8.66. The van der Waals surface area contributed by atoms with Gasteiger partial charge in [0.25, 0.3) is 5.91 Å². The van der Waals surface area contributed by atoms with Crippen LogP contribution in [0.3, 0.4) is 0 Å². The standard InChI is InChI=1S/C26H24N2O/c1-26(2,3)28-24(18-13-7-8-14-19(18)25(28)29)22-20-15-9-10-16-21(20)27-23(22)17-11-5-4-6-12-17/h4-16,24,27H,1-3H3/t24-/m1/s1. The lowest BCUT2D eigenvalue weighted by Crippen LogP contribution is -2.44. The van der Waals surface area contributed by atoms with Crippen LogP contribution in [0.1, 0.15) is 48.3 Å². The molecule has 5 rings (SSSR count). The highest BCUT2D eigenvalue weighted by Crippen LogP contribution is 2.47. The van der Waals surface area contributed by atoms with Crippen molar-refractivity contribution >= 4 is 16.8 Å². The molecule has 0 saturated heterocycles. The third kappa shape index (κ3) is 2.69. The summed E-state index contributed by atoms with van der Waals surface area (Å²) in [6, 6.07) is 26.7. The van der Waals surface area contributed by atoms with Crippen molar-refractivity contribution < 1.29 is 4.79 Å². The van der Waals surface area contributed by atoms with E-state index in [4.69, 9.17) is 0 Å². The van der Waals surface area contributed by atoms with E-state index in [2.05, 4.69) is 74.3 Å². The average Bonchev–Trinajstić information content (AvgIpc) is 3.24. The molecule has 0 fully saturated rings. The van der Waals surface area contributed by atoms with Crippen LogP contribution < -0.4 is 0 Å². The molecule has 1 aromatic heterocycles. The Morgan fingerprint density at radius 1 is 0.828 bits per heavy atom. The van der Waals surface area contributed by atoms with E-state index in [0.29, 0.717) is 0 Å². The van der Waals surface area contributed by atoms with Crippen LogP contribution in [0.25, 0.3) is 22.2 Å². The first kappa shape index (κ1) is 17.7. The maximum absolute atomic E-state index is 13.4. The smallest absolute Gasteiger partial charge is 0.255 e. The minimum atomic E-state index is -0.312. The predicted octanol–water partition coefficient (Wildman–Crippen LogP) is 6.18. The van der Waals surface area contributed by atoms with Gasteiger partial charge in [0.2, 0.25) is 0 Å². The Bertz CT molecular complexity index is 1210. The highest BCUT2D eigenvalue weighted by Gasteiger charge is 2.44. The number of para-hydroxylation sites is 1. The molecular formula is C26H24N2O. The molecule has 0 aliphatic carbocycles. The zero-order valence-corrected chi connectivity index (χ0v) is 16.9. The van der Waals surface area contributed by atoms with Gasteiger partial charge in [-0.05, 0) is 44.0 Å². The Labute approximate surface area is 171 Å². The Balaban J connectivity index is 1.86. The van der Waals surface area contributed by atoms with E-state index < -0.39 is 0 Å². The molecule has 0 saturated carbocycles. The van der Waals surface area contributed by atoms with Gasteiger partial charge in [0.05, 0.1) is 11.7 Å². The van der Waals surface area contributed by atoms with Gasteiger partial charge in [0, 0.05) is 27.6 Å². The molecule has 4 aromatic rings. The minimum Gasteiger partial charge on any atom is -0.354 e. The predicted molar refractivity (Wildman–Crippen MR) is 118 cm³/mol. The number of hydrogen-bond acceptors (Lipinski definition) is 1. The third-order valence-corrected chi connectivity index (χ3v) is 5.77. The van der Waals surface area contributed by atoms with Crippen LogP contribution in [-0.4, -0.2) is 21.3 Å². The topological polar surface area (TPSA) is 36.1 Å². The highest BCUT2D eigenvalue weighted by atomic mass is 16.2. The lowest BCUT2D eigenvalue weighted by atomic mass is 9.91. The average molecular weight is 380 g/mol. The van der Waals surface area contributed by atoms with Crippen molar-refractivity contribution in [1.82, 2.24) is 9.88 Å². The fourth-order valence-electron chi connectivity index (χ4n) is 4.57. The summed E-state index contributed by atoms with van der Waals surface area (Å²) in [5, 5.41) is 1.16. The summed E-state index contributed by atoms with van der Waals surface area (Å²) in [6.45, 7) is 6.34. The summed E-state index contributed by atoms with van der Waals surface area (Å²) in [7, 11) is 0. The number of carbonyl (C=O) groups is 1. The van der Waals surface area contributed by atoms with E-state index in [0.717, 1.165) is 33.3 Å². The normalized spacial score (nSPS) is 16.4. The second kappa shape index (κ2) is 6.35. The molecule has 1 aliphatic rings. The molecule has 0 bridgehead atoms. The molecule has 3 aromatic carbocycles. The summed E-state index contributed by atoms with van der Waals surface area (Å²) in [5.74, 6) is 0.0994. The number of H-pyrrole nitrogens is 1. The maximum Gasteiger partial charge on any atom is 0.255 e. The molecule has 2 heterocycles. The van der Waals surface area contributed by atoms with Gasteiger partial charge in [0.15, 0.2) is 0 Å². The molecule has 0 spiro atoms. The van der Waals surface area contributed by atoms with Crippen LogP contribution in [0.4, 0.5) is 0 Å². The number of amides is 1. The van der Waals surface area contributed by atoms with E-state index in [1.165, 1.54) is 5.56 Å². The van der Waals surface area contributed by atoms with Crippen LogP contribution in [0.15, 0.2) is 78.9 Å². The molecule has 3 heteroatoms. The Kier molecular flexibility index (Phi) is 3.88. The Hall–Kier alpha value is -3.33. The quantitative estimate of drug-likeness (QED) is 0.443. The fraction of sp³-hybridized carbons (Fsp3) is 0.192. The SMILES string of the molecule is CC(C)(C)N1C(=O)c2ccccc2[C@@H]1c1c(-c2ccccc2)[nH]c2ccccc12. The van der Waals surface area contributed by atoms with Gasteiger partial charge in [-0.25, -0.2) is 0 Å². The molecular weight excluding hydrogens is 356 g/mol. The van der Waals surface area contributed by atoms with Gasteiger partial charge in [-0.3, -0.25) is 4.79 Å². The van der Waals surface area contributed by atoms with E-state index in [1.807, 2.05) is 35.2 Å². The zero-order valence-electron chi connectivity index (χ0n) is 16.9. The Morgan fingerprint density at radius 2 is 1.48 bits per heavy atom. The van der Waals surface area contributed by atoms with Crippen LogP contribution in [0, 0.1) is 0 Å². The van der Waals surface area contributed by atoms with Crippen molar-refractivity contribution in [3.63, 3.8) is 0 Å². The summed E-state index contributed by atoms with van der Waals surface area (Å²) >= 11 is 0. The van der Waals surface area contributed by atoms with Crippen LogP contribution in [0.2, 0.25) is 0 Å². The number of carbonyl (C=O) groups excluding carboxylic acids is 1. The van der Waals surface area contributed by atoms with Gasteiger partial charge in [0.1, 0.15) is 0 Å². The molecule has 0 radical (unpaired) electrons. The van der Waals surface area contributed by atoms with Crippen LogP contribution >= 0.6 is 0 Å². The van der Waals surface area contributed by atoms with E-state index in [9.17, 15) is 4.79 Å². The number of rotatable bonds is 2. The first-order valence-corrected chi connectivity index (χ1v) is 10.1. The summed E-state index contributed by atoms with van der Waals surface area (Å²) in [6.07, 6.45) is 0. The van der Waals surface area contributed by atoms with Crippen LogP contribution in [-0.2, 0) is 0 Å². The van der Waals surface area contributed by atoms with Gasteiger partial charge in [-0.15, -0.1) is 0 Å². The van der Waals surface area contributed by atoms with Gasteiger partial charge < -0.3 is 9.88 Å². The van der Waals surface area contributed by atoms with Crippen molar-refractivity contribution in [2.45, 2.75) is 32.4 Å². The number of benzene rings is 3. The number of aromatic amines is 1. The Morgan fingerprint density at radius 3 is 2.24 bits per heavy atom. The number of fused-ring (bicyclic) bond motifs is 2. The van der Waals surface area contributed by atoms with Gasteiger partial charge in [-0.2, -0.15) is 0 Å². The van der Waals surface area contributed by atoms with E-state index in [1.54, 1.807) is 0 Å². The van der Waals surface area contributed by atoms with E-state index >= 15 is 0 Å². The first-order valence-electron chi connectivity index (χ1n) is 10.1. The molecule has 1 N–H and O–H groups in total. The molecule has 0 unspecified atom stereocenters. The van der Waals surface area contributed by atoms with Crippen molar-refractivity contribution in [2.24, 2.45) is 0 Å². The lowest BCUT2D eigenvalue weighted by molar-refractivity contribution is 0.0554. The molecule has 29 heavy (non-hydrogen) atoms. The molecule has 1 atom stereocenters. The number of nitrogens with one attached hydrogen (secondary N) is 1. The largest absolute Gasteiger partial charge is 0.354 e. The molecule has 144 valence electrons.